The van der Waals surface area contributed by atoms with Gasteiger partial charge in [-0.15, -0.1) is 0 Å². The first-order valence-corrected chi connectivity index (χ1v) is 9.01. The highest BCUT2D eigenvalue weighted by molar-refractivity contribution is 5.76. The van der Waals surface area contributed by atoms with Gasteiger partial charge in [0.2, 0.25) is 5.91 Å². The van der Waals surface area contributed by atoms with Crippen LogP contribution in [0.25, 0.3) is 0 Å². The minimum Gasteiger partial charge on any atom is -0.493 e. The molecule has 6 heteroatoms. The lowest BCUT2D eigenvalue weighted by atomic mass is 9.94. The number of carbonyl (C=O) groups excluding carboxylic acids is 2. The summed E-state index contributed by atoms with van der Waals surface area (Å²) in [5.41, 5.74) is 8.63. The number of carbonyl (C=O) groups is 2. The summed E-state index contributed by atoms with van der Waals surface area (Å²) in [6, 6.07) is 4.10. The summed E-state index contributed by atoms with van der Waals surface area (Å²) < 4.78 is 5.81. The molecule has 0 bridgehead atoms. The predicted molar refractivity (Wildman–Crippen MR) is 95.4 cm³/mol. The number of likely N-dealkylation sites (tertiary alicyclic amines) is 1. The van der Waals surface area contributed by atoms with Gasteiger partial charge >= 0.3 is 6.03 Å². The average molecular weight is 345 g/mol. The zero-order valence-electron chi connectivity index (χ0n) is 15.0. The van der Waals surface area contributed by atoms with E-state index < -0.39 is 0 Å². The summed E-state index contributed by atoms with van der Waals surface area (Å²) in [6.45, 7) is 6.02. The molecule has 0 unspecified atom stereocenters. The Morgan fingerprint density at radius 1 is 1.32 bits per heavy atom. The second kappa shape index (κ2) is 7.33. The van der Waals surface area contributed by atoms with Crippen molar-refractivity contribution in [3.63, 3.8) is 0 Å². The van der Waals surface area contributed by atoms with E-state index in [1.807, 2.05) is 11.8 Å². The highest BCUT2D eigenvalue weighted by Crippen LogP contribution is 2.36. The number of hydrogen-bond acceptors (Lipinski definition) is 3. The Labute approximate surface area is 148 Å². The van der Waals surface area contributed by atoms with Crippen LogP contribution in [0, 0.1) is 19.8 Å². The van der Waals surface area contributed by atoms with Crippen molar-refractivity contribution in [3.05, 3.63) is 28.8 Å². The molecule has 0 aliphatic carbocycles. The molecule has 2 heterocycles. The van der Waals surface area contributed by atoms with Crippen LogP contribution in [-0.2, 0) is 4.79 Å². The van der Waals surface area contributed by atoms with Gasteiger partial charge in [-0.2, -0.15) is 0 Å². The minimum atomic E-state index is -0.295. The van der Waals surface area contributed by atoms with Crippen LogP contribution in [0.1, 0.15) is 48.4 Å². The Morgan fingerprint density at radius 2 is 2.12 bits per heavy atom. The van der Waals surface area contributed by atoms with Crippen molar-refractivity contribution in [2.24, 2.45) is 11.7 Å². The third kappa shape index (κ3) is 4.06. The lowest BCUT2D eigenvalue weighted by molar-refractivity contribution is -0.119. The summed E-state index contributed by atoms with van der Waals surface area (Å²) in [5, 5.41) is 3.16. The number of benzene rings is 1. The van der Waals surface area contributed by atoms with E-state index in [4.69, 9.17) is 10.5 Å². The van der Waals surface area contributed by atoms with E-state index in [0.29, 0.717) is 19.6 Å². The Morgan fingerprint density at radius 3 is 2.88 bits per heavy atom. The molecule has 3 rings (SSSR count). The largest absolute Gasteiger partial charge is 0.493 e. The van der Waals surface area contributed by atoms with E-state index in [0.717, 1.165) is 42.7 Å². The van der Waals surface area contributed by atoms with Crippen molar-refractivity contribution in [1.29, 1.82) is 0 Å². The molecule has 2 aliphatic rings. The van der Waals surface area contributed by atoms with Crippen LogP contribution in [0.15, 0.2) is 12.1 Å². The van der Waals surface area contributed by atoms with E-state index >= 15 is 0 Å². The van der Waals surface area contributed by atoms with Crippen molar-refractivity contribution in [3.8, 4) is 5.75 Å². The van der Waals surface area contributed by atoms with E-state index in [2.05, 4.69) is 24.4 Å². The Bertz CT molecular complexity index is 674. The lowest BCUT2D eigenvalue weighted by Gasteiger charge is -2.35. The van der Waals surface area contributed by atoms with Crippen LogP contribution >= 0.6 is 0 Å². The van der Waals surface area contributed by atoms with E-state index in [1.165, 1.54) is 5.56 Å². The first-order valence-electron chi connectivity index (χ1n) is 9.01. The van der Waals surface area contributed by atoms with Gasteiger partial charge in [-0.05, 0) is 38.2 Å². The Hall–Kier alpha value is -2.24. The highest BCUT2D eigenvalue weighted by atomic mass is 16.5. The van der Waals surface area contributed by atoms with Gasteiger partial charge in [-0.1, -0.05) is 17.7 Å². The number of piperidine rings is 1. The fourth-order valence-electron chi connectivity index (χ4n) is 3.97. The van der Waals surface area contributed by atoms with Gasteiger partial charge in [-0.3, -0.25) is 4.79 Å². The molecule has 1 aromatic rings. The SMILES string of the molecule is Cc1cc(C)c2c(c1)[C@H](NC(=O)N1CCC[C@H](CC(N)=O)C1)CCO2. The molecular formula is C19H27N3O3. The number of nitrogens with one attached hydrogen (secondary N) is 1. The first-order chi connectivity index (χ1) is 11.9. The number of hydrogen-bond donors (Lipinski definition) is 2. The van der Waals surface area contributed by atoms with Gasteiger partial charge in [0.1, 0.15) is 5.75 Å². The number of rotatable bonds is 3. The zero-order chi connectivity index (χ0) is 18.0. The number of aryl methyl sites for hydroxylation is 2. The van der Waals surface area contributed by atoms with Gasteiger partial charge in [0.25, 0.3) is 0 Å². The molecule has 1 saturated heterocycles. The monoisotopic (exact) mass is 345 g/mol. The van der Waals surface area contributed by atoms with Crippen molar-refractivity contribution in [2.45, 2.75) is 45.6 Å². The molecule has 1 aromatic carbocycles. The number of amides is 3. The molecule has 136 valence electrons. The van der Waals surface area contributed by atoms with Crippen LogP contribution in [0.4, 0.5) is 4.79 Å². The van der Waals surface area contributed by atoms with Crippen LogP contribution in [0.5, 0.6) is 5.75 Å². The maximum absolute atomic E-state index is 12.7. The standard InChI is InChI=1S/C19H27N3O3/c1-12-8-13(2)18-15(9-12)16(5-7-25-18)21-19(24)22-6-3-4-14(11-22)10-17(20)23/h8-9,14,16H,3-7,10-11H2,1-2H3,(H2,20,23)(H,21,24)/t14-,16-/m1/s1. The van der Waals surface area contributed by atoms with Gasteiger partial charge in [0, 0.05) is 31.5 Å². The number of ether oxygens (including phenoxy) is 1. The number of urea groups is 1. The van der Waals surface area contributed by atoms with E-state index in [-0.39, 0.29) is 23.9 Å². The second-order valence-electron chi connectivity index (χ2n) is 7.26. The zero-order valence-corrected chi connectivity index (χ0v) is 15.0. The van der Waals surface area contributed by atoms with Gasteiger partial charge < -0.3 is 20.7 Å². The normalized spacial score (nSPS) is 22.7. The molecule has 0 aromatic heterocycles. The van der Waals surface area contributed by atoms with Crippen molar-refractivity contribution in [2.75, 3.05) is 19.7 Å². The van der Waals surface area contributed by atoms with Crippen molar-refractivity contribution < 1.29 is 14.3 Å². The number of primary amides is 1. The summed E-state index contributed by atoms with van der Waals surface area (Å²) in [5.74, 6) is 0.771. The minimum absolute atomic E-state index is 0.0358. The highest BCUT2D eigenvalue weighted by Gasteiger charge is 2.29. The fourth-order valence-corrected chi connectivity index (χ4v) is 3.97. The van der Waals surface area contributed by atoms with Crippen LogP contribution in [-0.4, -0.2) is 36.5 Å². The van der Waals surface area contributed by atoms with E-state index in [9.17, 15) is 9.59 Å². The topological polar surface area (TPSA) is 84.7 Å². The molecular weight excluding hydrogens is 318 g/mol. The third-order valence-electron chi connectivity index (χ3n) is 5.07. The molecule has 0 spiro atoms. The summed E-state index contributed by atoms with van der Waals surface area (Å²) in [6.07, 6.45) is 2.97. The Balaban J connectivity index is 1.69. The molecule has 25 heavy (non-hydrogen) atoms. The van der Waals surface area contributed by atoms with Crippen LogP contribution in [0.3, 0.4) is 0 Å². The molecule has 0 saturated carbocycles. The summed E-state index contributed by atoms with van der Waals surface area (Å²) in [7, 11) is 0. The molecule has 3 amide bonds. The molecule has 1 fully saturated rings. The van der Waals surface area contributed by atoms with Gasteiger partial charge in [-0.25, -0.2) is 4.79 Å². The van der Waals surface area contributed by atoms with Crippen molar-refractivity contribution in [1.82, 2.24) is 10.2 Å². The lowest BCUT2D eigenvalue weighted by Crippen LogP contribution is -2.47. The predicted octanol–water partition coefficient (Wildman–Crippen LogP) is 2.42. The molecule has 0 radical (unpaired) electrons. The maximum atomic E-state index is 12.7. The molecule has 2 aliphatic heterocycles. The fraction of sp³-hybridized carbons (Fsp3) is 0.579. The quantitative estimate of drug-likeness (QED) is 0.882. The van der Waals surface area contributed by atoms with Crippen LogP contribution < -0.4 is 15.8 Å². The average Bonchev–Trinajstić information content (AvgIpc) is 2.55. The Kier molecular flexibility index (Phi) is 5.16. The smallest absolute Gasteiger partial charge is 0.317 e. The van der Waals surface area contributed by atoms with Crippen molar-refractivity contribution >= 4 is 11.9 Å². The molecule has 2 atom stereocenters. The summed E-state index contributed by atoms with van der Waals surface area (Å²) in [4.78, 5) is 25.7. The molecule has 3 N–H and O–H groups in total. The number of nitrogens with zero attached hydrogens (tertiary/aromatic N) is 1. The first kappa shape index (κ1) is 17.6. The summed E-state index contributed by atoms with van der Waals surface area (Å²) >= 11 is 0. The molecule has 6 nitrogen and oxygen atoms in total. The number of fused-ring (bicyclic) bond motifs is 1. The second-order valence-corrected chi connectivity index (χ2v) is 7.26. The third-order valence-corrected chi connectivity index (χ3v) is 5.07. The maximum Gasteiger partial charge on any atom is 0.317 e. The van der Waals surface area contributed by atoms with Gasteiger partial charge in [0.05, 0.1) is 12.6 Å². The van der Waals surface area contributed by atoms with Gasteiger partial charge in [0.15, 0.2) is 0 Å². The number of nitrogens with two attached hydrogens (primary N) is 1. The van der Waals surface area contributed by atoms with E-state index in [1.54, 1.807) is 0 Å². The van der Waals surface area contributed by atoms with Crippen LogP contribution in [0.2, 0.25) is 0 Å².